The molecule has 0 bridgehead atoms. The molecule has 36 heavy (non-hydrogen) atoms. The van der Waals surface area contributed by atoms with Crippen molar-refractivity contribution in [1.82, 2.24) is 10.2 Å². The number of carbonyl (C=O) groups excluding carboxylic acids is 2. The van der Waals surface area contributed by atoms with Crippen LogP contribution in [-0.2, 0) is 14.3 Å². The van der Waals surface area contributed by atoms with Crippen molar-refractivity contribution in [1.29, 1.82) is 0 Å². The van der Waals surface area contributed by atoms with E-state index in [4.69, 9.17) is 9.73 Å². The van der Waals surface area contributed by atoms with E-state index in [0.29, 0.717) is 22.1 Å². The van der Waals surface area contributed by atoms with Crippen LogP contribution in [0.2, 0.25) is 0 Å². The van der Waals surface area contributed by atoms with Gasteiger partial charge in [0.1, 0.15) is 0 Å². The molecule has 1 aliphatic carbocycles. The minimum absolute atomic E-state index is 0.0927. The van der Waals surface area contributed by atoms with Crippen LogP contribution in [-0.4, -0.2) is 39.5 Å². The molecular weight excluding hydrogens is 480 g/mol. The maximum atomic E-state index is 13.4. The van der Waals surface area contributed by atoms with Crippen LogP contribution in [0.3, 0.4) is 0 Å². The fourth-order valence-electron chi connectivity index (χ4n) is 4.28. The van der Waals surface area contributed by atoms with Crippen molar-refractivity contribution in [2.75, 3.05) is 6.61 Å². The first-order valence-corrected chi connectivity index (χ1v) is 12.6. The Balaban J connectivity index is 1.65. The van der Waals surface area contributed by atoms with Gasteiger partial charge in [0.15, 0.2) is 5.17 Å². The topological polar surface area (TPSA) is 114 Å². The summed E-state index contributed by atoms with van der Waals surface area (Å²) < 4.78 is 5.46. The van der Waals surface area contributed by atoms with Gasteiger partial charge in [-0.1, -0.05) is 54.2 Å². The molecule has 3 aliphatic rings. The molecule has 1 amide bonds. The van der Waals surface area contributed by atoms with Crippen LogP contribution in [0.15, 0.2) is 76.3 Å². The molecule has 5 rings (SSSR count). The number of aliphatic imine (C=N–C) groups is 1. The highest BCUT2D eigenvalue weighted by atomic mass is 32.2. The van der Waals surface area contributed by atoms with E-state index < -0.39 is 16.9 Å². The molecule has 1 atom stereocenters. The van der Waals surface area contributed by atoms with Crippen molar-refractivity contribution < 1.29 is 19.2 Å². The number of carbonyl (C=O) groups is 2. The summed E-state index contributed by atoms with van der Waals surface area (Å²) in [4.78, 5) is 43.9. The number of amides is 1. The molecule has 2 aromatic rings. The molecule has 0 saturated heterocycles. The van der Waals surface area contributed by atoms with E-state index in [2.05, 4.69) is 5.32 Å². The molecule has 0 spiro atoms. The number of nitro benzene ring substituents is 1. The molecule has 1 unspecified atom stereocenters. The highest BCUT2D eigenvalue weighted by molar-refractivity contribution is 8.16. The number of esters is 1. The number of nitro groups is 1. The Morgan fingerprint density at radius 2 is 1.97 bits per heavy atom. The summed E-state index contributed by atoms with van der Waals surface area (Å²) in [5, 5.41) is 17.0. The lowest BCUT2D eigenvalue weighted by Gasteiger charge is -2.36. The van der Waals surface area contributed by atoms with Gasteiger partial charge in [0.05, 0.1) is 35.3 Å². The number of rotatable bonds is 8. The fraction of sp³-hybridized carbons (Fsp3) is 0.269. The number of nitrogens with zero attached hydrogens (tertiary/aromatic N) is 3. The molecule has 0 radical (unpaired) electrons. The summed E-state index contributed by atoms with van der Waals surface area (Å²) in [7, 11) is 0. The monoisotopic (exact) mass is 504 g/mol. The van der Waals surface area contributed by atoms with Gasteiger partial charge in [0.25, 0.3) is 5.69 Å². The molecule has 2 heterocycles. The molecule has 1 saturated carbocycles. The predicted octanol–water partition coefficient (Wildman–Crippen LogP) is 4.54. The maximum absolute atomic E-state index is 13.4. The second-order valence-electron chi connectivity index (χ2n) is 8.61. The van der Waals surface area contributed by atoms with E-state index in [1.807, 2.05) is 40.6 Å². The van der Waals surface area contributed by atoms with Gasteiger partial charge in [0.2, 0.25) is 5.91 Å². The minimum Gasteiger partial charge on any atom is -0.463 e. The zero-order valence-corrected chi connectivity index (χ0v) is 20.4. The van der Waals surface area contributed by atoms with Gasteiger partial charge in [-0.2, -0.15) is 0 Å². The number of hydrogen-bond acceptors (Lipinski definition) is 8. The molecule has 2 aliphatic heterocycles. The molecule has 10 heteroatoms. The highest BCUT2D eigenvalue weighted by Crippen LogP contribution is 2.47. The molecule has 1 fully saturated rings. The molecule has 0 aromatic heterocycles. The second-order valence-corrected chi connectivity index (χ2v) is 9.45. The Hall–Kier alpha value is -3.92. The molecule has 9 nitrogen and oxygen atoms in total. The summed E-state index contributed by atoms with van der Waals surface area (Å²) in [6.45, 7) is 1.88. The normalized spacial score (nSPS) is 18.8. The largest absolute Gasteiger partial charge is 0.463 e. The van der Waals surface area contributed by atoms with Gasteiger partial charge in [-0.25, -0.2) is 9.79 Å². The van der Waals surface area contributed by atoms with Gasteiger partial charge < -0.3 is 15.0 Å². The third kappa shape index (κ3) is 4.76. The van der Waals surface area contributed by atoms with E-state index in [0.717, 1.165) is 18.4 Å². The van der Waals surface area contributed by atoms with Crippen molar-refractivity contribution in [3.05, 3.63) is 92.5 Å². The van der Waals surface area contributed by atoms with Crippen LogP contribution in [0.25, 0.3) is 5.70 Å². The predicted molar refractivity (Wildman–Crippen MR) is 137 cm³/mol. The Bertz CT molecular complexity index is 1320. The van der Waals surface area contributed by atoms with Crippen molar-refractivity contribution in [3.8, 4) is 0 Å². The van der Waals surface area contributed by atoms with Crippen LogP contribution in [0.1, 0.15) is 43.4 Å². The lowest BCUT2D eigenvalue weighted by atomic mass is 9.91. The summed E-state index contributed by atoms with van der Waals surface area (Å²) in [6.07, 6.45) is 2.05. The average Bonchev–Trinajstić information content (AvgIpc) is 3.61. The Morgan fingerprint density at radius 1 is 1.19 bits per heavy atom. The van der Waals surface area contributed by atoms with E-state index in [9.17, 15) is 19.7 Å². The van der Waals surface area contributed by atoms with E-state index in [-0.39, 0.29) is 36.2 Å². The van der Waals surface area contributed by atoms with E-state index >= 15 is 0 Å². The first-order chi connectivity index (χ1) is 17.5. The first-order valence-electron chi connectivity index (χ1n) is 11.7. The lowest BCUT2D eigenvalue weighted by molar-refractivity contribution is -0.384. The summed E-state index contributed by atoms with van der Waals surface area (Å²) >= 11 is 1.36. The van der Waals surface area contributed by atoms with Crippen LogP contribution in [0, 0.1) is 10.1 Å². The van der Waals surface area contributed by atoms with Crippen LogP contribution in [0.5, 0.6) is 0 Å². The SMILES string of the molecule is CCOC(=O)C1=C(c2ccccc2)N=C2SC=C(CC(=O)NC3CC3)N2C1c1cccc([N+](=O)[O-])c1. The molecule has 184 valence electrons. The third-order valence-corrected chi connectivity index (χ3v) is 6.92. The average molecular weight is 505 g/mol. The zero-order chi connectivity index (χ0) is 25.2. The highest BCUT2D eigenvalue weighted by Gasteiger charge is 2.43. The summed E-state index contributed by atoms with van der Waals surface area (Å²) in [6, 6.07) is 15.0. The summed E-state index contributed by atoms with van der Waals surface area (Å²) in [5.41, 5.74) is 2.55. The van der Waals surface area contributed by atoms with Gasteiger partial charge in [-0.3, -0.25) is 14.9 Å². The van der Waals surface area contributed by atoms with E-state index in [1.165, 1.54) is 23.9 Å². The van der Waals surface area contributed by atoms with Crippen molar-refractivity contribution in [2.45, 2.75) is 38.3 Å². The number of benzene rings is 2. The zero-order valence-electron chi connectivity index (χ0n) is 19.5. The van der Waals surface area contributed by atoms with Crippen LogP contribution in [0.4, 0.5) is 5.69 Å². The maximum Gasteiger partial charge on any atom is 0.338 e. The molecule has 2 aromatic carbocycles. The number of amidine groups is 1. The smallest absolute Gasteiger partial charge is 0.338 e. The van der Waals surface area contributed by atoms with Gasteiger partial charge in [0, 0.05) is 29.4 Å². The second kappa shape index (κ2) is 9.98. The number of thioether (sulfide) groups is 1. The van der Waals surface area contributed by atoms with Crippen molar-refractivity contribution in [2.24, 2.45) is 4.99 Å². The van der Waals surface area contributed by atoms with Gasteiger partial charge in [-0.05, 0) is 30.7 Å². The summed E-state index contributed by atoms with van der Waals surface area (Å²) in [5.74, 6) is -0.673. The number of hydrogen-bond donors (Lipinski definition) is 1. The lowest BCUT2D eigenvalue weighted by Crippen LogP contribution is -2.38. The number of non-ortho nitro benzene ring substituents is 1. The standard InChI is InChI=1S/C26H24N4O5S/c1-2-35-25(32)22-23(16-7-4-3-5-8-16)28-26-29(20(15-36-26)14-21(31)27-18-11-12-18)24(22)17-9-6-10-19(13-17)30(33)34/h3-10,13,15,18,24H,2,11-12,14H2,1H3,(H,27,31). The van der Waals surface area contributed by atoms with Crippen LogP contribution < -0.4 is 5.32 Å². The third-order valence-electron chi connectivity index (χ3n) is 6.03. The quantitative estimate of drug-likeness (QED) is 0.319. The Morgan fingerprint density at radius 3 is 2.67 bits per heavy atom. The first kappa shape index (κ1) is 23.8. The van der Waals surface area contributed by atoms with Crippen LogP contribution >= 0.6 is 11.8 Å². The number of fused-ring (bicyclic) bond motifs is 1. The Kier molecular flexibility index (Phi) is 6.60. The minimum atomic E-state index is -0.762. The fourth-order valence-corrected chi connectivity index (χ4v) is 5.20. The van der Waals surface area contributed by atoms with Gasteiger partial charge in [-0.15, -0.1) is 0 Å². The molecular formula is C26H24N4O5S. The number of nitrogens with one attached hydrogen (secondary N) is 1. The van der Waals surface area contributed by atoms with Gasteiger partial charge >= 0.3 is 5.97 Å². The van der Waals surface area contributed by atoms with Crippen molar-refractivity contribution in [3.63, 3.8) is 0 Å². The Labute approximate surface area is 212 Å². The van der Waals surface area contributed by atoms with E-state index in [1.54, 1.807) is 19.1 Å². The molecule has 1 N–H and O–H groups in total. The number of ether oxygens (including phenoxy) is 1. The van der Waals surface area contributed by atoms with Crippen molar-refractivity contribution >= 4 is 40.2 Å².